The van der Waals surface area contributed by atoms with E-state index in [1.165, 1.54) is 15.9 Å². The van der Waals surface area contributed by atoms with Gasteiger partial charge in [0.1, 0.15) is 10.7 Å². The molecule has 30 heavy (non-hydrogen) atoms. The normalized spacial score (nSPS) is 11.1. The van der Waals surface area contributed by atoms with Gasteiger partial charge in [-0.15, -0.1) is 11.3 Å². The van der Waals surface area contributed by atoms with E-state index < -0.39 is 5.76 Å². The molecule has 0 radical (unpaired) electrons. The van der Waals surface area contributed by atoms with Gasteiger partial charge in [0.2, 0.25) is 0 Å². The molecular weight excluding hydrogens is 402 g/mol. The average molecular weight is 417 g/mol. The first-order valence-electron chi connectivity index (χ1n) is 9.05. The van der Waals surface area contributed by atoms with Gasteiger partial charge in [0.15, 0.2) is 5.58 Å². The predicted molar refractivity (Wildman–Crippen MR) is 114 cm³/mol. The molecule has 5 rings (SSSR count). The highest BCUT2D eigenvalue weighted by Gasteiger charge is 2.15. The molecule has 0 aliphatic rings. The van der Waals surface area contributed by atoms with E-state index in [9.17, 15) is 9.59 Å². The number of nitrogens with zero attached hydrogens (tertiary/aromatic N) is 4. The van der Waals surface area contributed by atoms with Crippen molar-refractivity contribution in [1.82, 2.24) is 19.3 Å². The lowest BCUT2D eigenvalue weighted by molar-refractivity contribution is 0.102. The number of aryl methyl sites for hydroxylation is 1. The van der Waals surface area contributed by atoms with Crippen LogP contribution in [0.4, 0.5) is 5.69 Å². The number of anilines is 1. The zero-order valence-electron chi connectivity index (χ0n) is 15.8. The molecule has 0 aliphatic heterocycles. The second-order valence-corrected chi connectivity index (χ2v) is 7.47. The highest BCUT2D eigenvalue weighted by molar-refractivity contribution is 7.13. The number of aromatic nitrogens is 4. The quantitative estimate of drug-likeness (QED) is 0.481. The first-order chi connectivity index (χ1) is 14.6. The van der Waals surface area contributed by atoms with Gasteiger partial charge >= 0.3 is 5.76 Å². The topological polar surface area (TPSA) is 95.0 Å². The molecule has 0 spiro atoms. The molecule has 9 heteroatoms. The van der Waals surface area contributed by atoms with E-state index in [2.05, 4.69) is 15.4 Å². The van der Waals surface area contributed by atoms with Crippen molar-refractivity contribution < 1.29 is 9.21 Å². The lowest BCUT2D eigenvalue weighted by Gasteiger charge is -2.02. The molecule has 8 nitrogen and oxygen atoms in total. The molecule has 0 atom stereocenters. The third kappa shape index (κ3) is 3.20. The number of oxazole rings is 1. The summed E-state index contributed by atoms with van der Waals surface area (Å²) in [6.45, 7) is 0. The summed E-state index contributed by atoms with van der Waals surface area (Å²) in [5.41, 5.74) is 3.67. The van der Waals surface area contributed by atoms with Gasteiger partial charge in [-0.2, -0.15) is 5.10 Å². The van der Waals surface area contributed by atoms with E-state index in [1.54, 1.807) is 41.5 Å². The van der Waals surface area contributed by atoms with Crippen LogP contribution in [0.15, 0.2) is 75.5 Å². The number of thiazole rings is 1. The van der Waals surface area contributed by atoms with E-state index >= 15 is 0 Å². The standard InChI is InChI=1S/C21H15N5O3S/c1-25-17-8-7-14(9-18(17)29-21(25)28)23-19(27)16-12-30-20(24-16)13-10-22-26(11-13)15-5-3-2-4-6-15/h2-12H,1H3,(H,23,27). The molecule has 5 aromatic rings. The van der Waals surface area contributed by atoms with E-state index in [4.69, 9.17) is 4.42 Å². The highest BCUT2D eigenvalue weighted by atomic mass is 32.1. The maximum Gasteiger partial charge on any atom is 0.419 e. The molecule has 0 saturated carbocycles. The Morgan fingerprint density at radius 3 is 2.83 bits per heavy atom. The summed E-state index contributed by atoms with van der Waals surface area (Å²) in [4.78, 5) is 28.7. The summed E-state index contributed by atoms with van der Waals surface area (Å²) in [7, 11) is 1.63. The number of fused-ring (bicyclic) bond motifs is 1. The molecule has 0 aliphatic carbocycles. The van der Waals surface area contributed by atoms with Crippen molar-refractivity contribution in [3.8, 4) is 16.3 Å². The van der Waals surface area contributed by atoms with Crippen LogP contribution in [0, 0.1) is 0 Å². The Hall–Kier alpha value is -3.98. The molecule has 0 fully saturated rings. The molecule has 1 N–H and O–H groups in total. The Morgan fingerprint density at radius 2 is 2.00 bits per heavy atom. The number of rotatable bonds is 4. The van der Waals surface area contributed by atoms with E-state index in [0.29, 0.717) is 27.5 Å². The van der Waals surface area contributed by atoms with E-state index in [-0.39, 0.29) is 5.91 Å². The zero-order chi connectivity index (χ0) is 20.7. The van der Waals surface area contributed by atoms with E-state index in [0.717, 1.165) is 11.3 Å². The molecular formula is C21H15N5O3S. The monoisotopic (exact) mass is 417 g/mol. The Bertz CT molecular complexity index is 1430. The van der Waals surface area contributed by atoms with Crippen molar-refractivity contribution in [2.24, 2.45) is 7.05 Å². The number of hydrogen-bond acceptors (Lipinski definition) is 6. The zero-order valence-corrected chi connectivity index (χ0v) is 16.6. The van der Waals surface area contributed by atoms with Crippen LogP contribution in [0.25, 0.3) is 27.4 Å². The number of amides is 1. The number of nitrogens with one attached hydrogen (secondary N) is 1. The summed E-state index contributed by atoms with van der Waals surface area (Å²) in [5, 5.41) is 9.56. The minimum atomic E-state index is -0.450. The average Bonchev–Trinajstić information content (AvgIpc) is 3.48. The fraction of sp³-hybridized carbons (Fsp3) is 0.0476. The van der Waals surface area contributed by atoms with Crippen molar-refractivity contribution >= 4 is 34.0 Å². The summed E-state index contributed by atoms with van der Waals surface area (Å²) < 4.78 is 8.33. The first-order valence-corrected chi connectivity index (χ1v) is 9.93. The second kappa shape index (κ2) is 7.12. The van der Waals surface area contributed by atoms with Crippen LogP contribution in [-0.2, 0) is 7.05 Å². The molecule has 2 aromatic carbocycles. The lowest BCUT2D eigenvalue weighted by Crippen LogP contribution is -2.12. The van der Waals surface area contributed by atoms with Gasteiger partial charge in [0.25, 0.3) is 5.91 Å². The largest absolute Gasteiger partial charge is 0.419 e. The number of hydrogen-bond donors (Lipinski definition) is 1. The Kier molecular flexibility index (Phi) is 4.29. The van der Waals surface area contributed by atoms with Gasteiger partial charge in [-0.05, 0) is 24.3 Å². The van der Waals surface area contributed by atoms with Gasteiger partial charge in [-0.1, -0.05) is 18.2 Å². The third-order valence-corrected chi connectivity index (χ3v) is 5.53. The summed E-state index contributed by atoms with van der Waals surface area (Å²) in [6.07, 6.45) is 3.60. The molecule has 1 amide bonds. The number of carbonyl (C=O) groups excluding carboxylic acids is 1. The SMILES string of the molecule is Cn1c(=O)oc2cc(NC(=O)c3csc(-c4cnn(-c5ccccc5)c4)n3)ccc21. The fourth-order valence-electron chi connectivity index (χ4n) is 3.07. The van der Waals surface area contributed by atoms with Crippen LogP contribution in [0.5, 0.6) is 0 Å². The number of carbonyl (C=O) groups is 1. The van der Waals surface area contributed by atoms with Crippen molar-refractivity contribution in [3.63, 3.8) is 0 Å². The van der Waals surface area contributed by atoms with Crippen LogP contribution in [0.3, 0.4) is 0 Å². The van der Waals surface area contributed by atoms with Crippen molar-refractivity contribution in [1.29, 1.82) is 0 Å². The highest BCUT2D eigenvalue weighted by Crippen LogP contribution is 2.25. The number of para-hydroxylation sites is 1. The second-order valence-electron chi connectivity index (χ2n) is 6.61. The van der Waals surface area contributed by atoms with Crippen LogP contribution in [0.2, 0.25) is 0 Å². The maximum absolute atomic E-state index is 12.6. The van der Waals surface area contributed by atoms with Crippen molar-refractivity contribution in [2.45, 2.75) is 0 Å². The fourth-order valence-corrected chi connectivity index (χ4v) is 3.85. The summed E-state index contributed by atoms with van der Waals surface area (Å²) >= 11 is 1.37. The van der Waals surface area contributed by atoms with Crippen LogP contribution < -0.4 is 11.1 Å². The van der Waals surface area contributed by atoms with Crippen molar-refractivity contribution in [2.75, 3.05) is 5.32 Å². The third-order valence-electron chi connectivity index (χ3n) is 4.64. The number of benzene rings is 2. The minimum absolute atomic E-state index is 0.303. The molecule has 3 heterocycles. The Labute approximate surface area is 174 Å². The molecule has 0 bridgehead atoms. The smallest absolute Gasteiger partial charge is 0.408 e. The maximum atomic E-state index is 12.6. The summed E-state index contributed by atoms with van der Waals surface area (Å²) in [5.74, 6) is -0.792. The Morgan fingerprint density at radius 1 is 1.17 bits per heavy atom. The minimum Gasteiger partial charge on any atom is -0.408 e. The van der Waals surface area contributed by atoms with Crippen LogP contribution >= 0.6 is 11.3 Å². The molecule has 0 saturated heterocycles. The first kappa shape index (κ1) is 18.1. The van der Waals surface area contributed by atoms with E-state index in [1.807, 2.05) is 36.5 Å². The molecule has 148 valence electrons. The van der Waals surface area contributed by atoms with Gasteiger partial charge in [0, 0.05) is 35.9 Å². The lowest BCUT2D eigenvalue weighted by atomic mass is 10.2. The predicted octanol–water partition coefficient (Wildman–Crippen LogP) is 3.69. The van der Waals surface area contributed by atoms with Gasteiger partial charge in [-0.3, -0.25) is 9.36 Å². The summed E-state index contributed by atoms with van der Waals surface area (Å²) in [6, 6.07) is 14.8. The van der Waals surface area contributed by atoms with Crippen molar-refractivity contribution in [3.05, 3.63) is 82.5 Å². The van der Waals surface area contributed by atoms with Gasteiger partial charge < -0.3 is 9.73 Å². The van der Waals surface area contributed by atoms with Gasteiger partial charge in [0.05, 0.1) is 17.4 Å². The van der Waals surface area contributed by atoms with Crippen LogP contribution in [-0.4, -0.2) is 25.2 Å². The Balaban J connectivity index is 1.36. The molecule has 3 aromatic heterocycles. The van der Waals surface area contributed by atoms with Crippen LogP contribution in [0.1, 0.15) is 10.5 Å². The molecule has 0 unspecified atom stereocenters. The van der Waals surface area contributed by atoms with Gasteiger partial charge in [-0.25, -0.2) is 14.5 Å².